The number of nitrogens with zero attached hydrogens (tertiary/aromatic N) is 3. The van der Waals surface area contributed by atoms with E-state index in [4.69, 9.17) is 5.73 Å². The average Bonchev–Trinajstić information content (AvgIpc) is 2.69. The summed E-state index contributed by atoms with van der Waals surface area (Å²) in [5.74, 6) is 1.98. The van der Waals surface area contributed by atoms with E-state index in [9.17, 15) is 0 Å². The Morgan fingerprint density at radius 3 is 2.86 bits per heavy atom. The van der Waals surface area contributed by atoms with Crippen LogP contribution in [0.1, 0.15) is 11.6 Å². The highest BCUT2D eigenvalue weighted by atomic mass is 15.0. The highest BCUT2D eigenvalue weighted by Crippen LogP contribution is 2.12. The smallest absolute Gasteiger partial charge is 0.164 e. The van der Waals surface area contributed by atoms with Crippen molar-refractivity contribution in [2.24, 2.45) is 5.73 Å². The van der Waals surface area contributed by atoms with Crippen LogP contribution < -0.4 is 5.73 Å². The first-order chi connectivity index (χ1) is 6.79. The number of aryl methyl sites for hydroxylation is 1. The summed E-state index contributed by atoms with van der Waals surface area (Å²) in [6, 6.07) is 1.91. The van der Waals surface area contributed by atoms with Crippen molar-refractivity contribution in [2.75, 3.05) is 0 Å². The Hall–Kier alpha value is -1.75. The highest BCUT2D eigenvalue weighted by Gasteiger charge is 2.04. The van der Waals surface area contributed by atoms with E-state index in [1.807, 2.05) is 25.4 Å². The molecule has 5 heteroatoms. The van der Waals surface area contributed by atoms with Crippen LogP contribution in [0, 0.1) is 6.92 Å². The largest absolute Gasteiger partial charge is 0.367 e. The summed E-state index contributed by atoms with van der Waals surface area (Å²) in [5.41, 5.74) is 6.43. The van der Waals surface area contributed by atoms with Gasteiger partial charge in [-0.25, -0.2) is 15.0 Å². The summed E-state index contributed by atoms with van der Waals surface area (Å²) >= 11 is 0. The first kappa shape index (κ1) is 8.83. The lowest BCUT2D eigenvalue weighted by Gasteiger charge is -2.00. The Balaban J connectivity index is 2.48. The third kappa shape index (κ3) is 1.62. The van der Waals surface area contributed by atoms with Crippen molar-refractivity contribution < 1.29 is 0 Å². The molecule has 14 heavy (non-hydrogen) atoms. The predicted octanol–water partition coefficient (Wildman–Crippen LogP) is 0.634. The summed E-state index contributed by atoms with van der Waals surface area (Å²) in [4.78, 5) is 15.5. The van der Waals surface area contributed by atoms with Gasteiger partial charge in [0, 0.05) is 18.0 Å². The summed E-state index contributed by atoms with van der Waals surface area (Å²) in [5, 5.41) is 0. The van der Waals surface area contributed by atoms with Gasteiger partial charge in [0.05, 0.1) is 6.54 Å². The molecule has 72 valence electrons. The van der Waals surface area contributed by atoms with E-state index in [-0.39, 0.29) is 0 Å². The van der Waals surface area contributed by atoms with Gasteiger partial charge in [-0.2, -0.15) is 0 Å². The lowest BCUT2D eigenvalue weighted by molar-refractivity contribution is 0.851. The number of nitrogens with two attached hydrogens (primary N) is 1. The zero-order chi connectivity index (χ0) is 9.97. The molecule has 0 bridgehead atoms. The third-order valence-corrected chi connectivity index (χ3v) is 1.83. The molecule has 0 saturated carbocycles. The standard InChI is InChI=1S/C9H11N5/c1-6-12-8(4-10)14-9(13-6)7-2-3-11-5-7/h2-3,5,11H,4,10H2,1H3. The fraction of sp³-hybridized carbons (Fsp3) is 0.222. The quantitative estimate of drug-likeness (QED) is 0.726. The van der Waals surface area contributed by atoms with Gasteiger partial charge < -0.3 is 10.7 Å². The molecule has 0 aliphatic heterocycles. The lowest BCUT2D eigenvalue weighted by Crippen LogP contribution is -2.07. The molecule has 0 aromatic carbocycles. The molecule has 2 heterocycles. The van der Waals surface area contributed by atoms with E-state index in [1.54, 1.807) is 0 Å². The minimum Gasteiger partial charge on any atom is -0.367 e. The van der Waals surface area contributed by atoms with E-state index in [1.165, 1.54) is 0 Å². The van der Waals surface area contributed by atoms with Gasteiger partial charge in [-0.3, -0.25) is 0 Å². The molecule has 0 fully saturated rings. The summed E-state index contributed by atoms with van der Waals surface area (Å²) in [6.07, 6.45) is 3.67. The topological polar surface area (TPSA) is 80.5 Å². The van der Waals surface area contributed by atoms with Gasteiger partial charge in [-0.1, -0.05) is 0 Å². The minimum absolute atomic E-state index is 0.334. The minimum atomic E-state index is 0.334. The van der Waals surface area contributed by atoms with Crippen molar-refractivity contribution in [3.05, 3.63) is 30.1 Å². The predicted molar refractivity (Wildman–Crippen MR) is 52.2 cm³/mol. The highest BCUT2D eigenvalue weighted by molar-refractivity contribution is 5.52. The first-order valence-corrected chi connectivity index (χ1v) is 4.34. The van der Waals surface area contributed by atoms with Crippen LogP contribution in [-0.2, 0) is 6.54 Å². The Labute approximate surface area is 81.4 Å². The first-order valence-electron chi connectivity index (χ1n) is 4.34. The molecule has 5 nitrogen and oxygen atoms in total. The molecule has 0 aliphatic rings. The molecule has 3 N–H and O–H groups in total. The van der Waals surface area contributed by atoms with Crippen molar-refractivity contribution in [1.29, 1.82) is 0 Å². The molecule has 2 rings (SSSR count). The number of H-pyrrole nitrogens is 1. The monoisotopic (exact) mass is 189 g/mol. The van der Waals surface area contributed by atoms with Gasteiger partial charge in [0.2, 0.25) is 0 Å². The molecule has 2 aromatic heterocycles. The fourth-order valence-corrected chi connectivity index (χ4v) is 1.22. The van der Waals surface area contributed by atoms with Crippen LogP contribution in [0.4, 0.5) is 0 Å². The number of rotatable bonds is 2. The summed E-state index contributed by atoms with van der Waals surface area (Å²) in [7, 11) is 0. The van der Waals surface area contributed by atoms with E-state index >= 15 is 0 Å². The van der Waals surface area contributed by atoms with Crippen molar-refractivity contribution >= 4 is 0 Å². The van der Waals surface area contributed by atoms with Gasteiger partial charge in [-0.15, -0.1) is 0 Å². The molecule has 0 saturated heterocycles. The maximum Gasteiger partial charge on any atom is 0.164 e. The van der Waals surface area contributed by atoms with E-state index in [2.05, 4.69) is 19.9 Å². The molecule has 0 amide bonds. The van der Waals surface area contributed by atoms with E-state index < -0.39 is 0 Å². The molecule has 0 unspecified atom stereocenters. The van der Waals surface area contributed by atoms with Gasteiger partial charge in [0.15, 0.2) is 5.82 Å². The van der Waals surface area contributed by atoms with Crippen molar-refractivity contribution in [3.63, 3.8) is 0 Å². The van der Waals surface area contributed by atoms with E-state index in [0.717, 1.165) is 5.56 Å². The van der Waals surface area contributed by atoms with Crippen LogP contribution in [0.2, 0.25) is 0 Å². The van der Waals surface area contributed by atoms with Crippen LogP contribution in [0.15, 0.2) is 18.5 Å². The van der Waals surface area contributed by atoms with Gasteiger partial charge >= 0.3 is 0 Å². The second-order valence-electron chi connectivity index (χ2n) is 2.93. The molecule has 0 aliphatic carbocycles. The van der Waals surface area contributed by atoms with E-state index in [0.29, 0.717) is 24.0 Å². The molecule has 0 spiro atoms. The van der Waals surface area contributed by atoms with Gasteiger partial charge in [0.1, 0.15) is 11.6 Å². The molecular weight excluding hydrogens is 178 g/mol. The zero-order valence-corrected chi connectivity index (χ0v) is 7.86. The van der Waals surface area contributed by atoms with Crippen molar-refractivity contribution in [1.82, 2.24) is 19.9 Å². The average molecular weight is 189 g/mol. The Bertz CT molecular complexity index is 421. The zero-order valence-electron chi connectivity index (χ0n) is 7.86. The SMILES string of the molecule is Cc1nc(CN)nc(-c2cc[nH]c2)n1. The molecule has 0 radical (unpaired) electrons. The van der Waals surface area contributed by atoms with Crippen LogP contribution >= 0.6 is 0 Å². The number of hydrogen-bond donors (Lipinski definition) is 2. The Morgan fingerprint density at radius 2 is 2.21 bits per heavy atom. The van der Waals surface area contributed by atoms with Crippen LogP contribution in [-0.4, -0.2) is 19.9 Å². The van der Waals surface area contributed by atoms with Crippen molar-refractivity contribution in [2.45, 2.75) is 13.5 Å². The lowest BCUT2D eigenvalue weighted by atomic mass is 10.3. The van der Waals surface area contributed by atoms with Crippen LogP contribution in [0.5, 0.6) is 0 Å². The van der Waals surface area contributed by atoms with Crippen LogP contribution in [0.3, 0.4) is 0 Å². The maximum absolute atomic E-state index is 5.48. The van der Waals surface area contributed by atoms with Crippen molar-refractivity contribution in [3.8, 4) is 11.4 Å². The number of aromatic amines is 1. The molecule has 0 atom stereocenters. The molecular formula is C9H11N5. The fourth-order valence-electron chi connectivity index (χ4n) is 1.22. The maximum atomic E-state index is 5.48. The van der Waals surface area contributed by atoms with Crippen LogP contribution in [0.25, 0.3) is 11.4 Å². The second-order valence-corrected chi connectivity index (χ2v) is 2.93. The number of aromatic nitrogens is 4. The van der Waals surface area contributed by atoms with Gasteiger partial charge in [-0.05, 0) is 13.0 Å². The number of nitrogens with one attached hydrogen (secondary N) is 1. The number of hydrogen-bond acceptors (Lipinski definition) is 4. The van der Waals surface area contributed by atoms with Gasteiger partial charge in [0.25, 0.3) is 0 Å². The third-order valence-electron chi connectivity index (χ3n) is 1.83. The normalized spacial score (nSPS) is 10.4. The Morgan fingerprint density at radius 1 is 1.36 bits per heavy atom. The Kier molecular flexibility index (Phi) is 2.24. The molecule has 2 aromatic rings. The second kappa shape index (κ2) is 3.55. The summed E-state index contributed by atoms with van der Waals surface area (Å²) in [6.45, 7) is 2.16. The summed E-state index contributed by atoms with van der Waals surface area (Å²) < 4.78 is 0.